The molecular formula is C12H13BrO2. The summed E-state index contributed by atoms with van der Waals surface area (Å²) in [5.74, 6) is -0.0558. The van der Waals surface area contributed by atoms with Gasteiger partial charge in [0.2, 0.25) is 0 Å². The number of aryl methyl sites for hydroxylation is 1. The van der Waals surface area contributed by atoms with Gasteiger partial charge in [-0.1, -0.05) is 35.0 Å². The minimum absolute atomic E-state index is 0.0558. The van der Waals surface area contributed by atoms with Gasteiger partial charge < -0.3 is 0 Å². The normalized spacial score (nSPS) is 12.2. The van der Waals surface area contributed by atoms with Crippen molar-refractivity contribution in [3.05, 3.63) is 34.9 Å². The van der Waals surface area contributed by atoms with Crippen molar-refractivity contribution in [3.8, 4) is 0 Å². The first-order valence-corrected chi connectivity index (χ1v) is 5.78. The van der Waals surface area contributed by atoms with Crippen LogP contribution in [-0.4, -0.2) is 16.9 Å². The molecule has 0 saturated carbocycles. The van der Waals surface area contributed by atoms with Crippen LogP contribution in [-0.2, 0) is 6.42 Å². The monoisotopic (exact) mass is 268 g/mol. The van der Waals surface area contributed by atoms with E-state index in [1.165, 1.54) is 0 Å². The minimum atomic E-state index is -0.260. The van der Waals surface area contributed by atoms with Gasteiger partial charge in [0.25, 0.3) is 0 Å². The third-order valence-electron chi connectivity index (χ3n) is 2.28. The Bertz CT molecular complexity index is 383. The number of rotatable bonds is 4. The maximum atomic E-state index is 11.7. The molecule has 0 radical (unpaired) electrons. The van der Waals surface area contributed by atoms with Gasteiger partial charge >= 0.3 is 0 Å². The van der Waals surface area contributed by atoms with E-state index >= 15 is 0 Å². The van der Waals surface area contributed by atoms with E-state index in [2.05, 4.69) is 15.9 Å². The third-order valence-corrected chi connectivity index (χ3v) is 2.69. The van der Waals surface area contributed by atoms with Gasteiger partial charge in [-0.05, 0) is 25.0 Å². The molecule has 0 heterocycles. The van der Waals surface area contributed by atoms with Crippen LogP contribution >= 0.6 is 15.9 Å². The third kappa shape index (κ3) is 2.75. The standard InChI is InChI=1S/C12H13BrO2/c1-3-9-4-5-11(10(6-9)7-14)12(15)8(2)13/h4-8H,3H2,1-2H3. The molecule has 0 aliphatic heterocycles. The average molecular weight is 269 g/mol. The van der Waals surface area contributed by atoms with Crippen LogP contribution in [0.2, 0.25) is 0 Å². The van der Waals surface area contributed by atoms with Crippen molar-refractivity contribution in [1.29, 1.82) is 0 Å². The summed E-state index contributed by atoms with van der Waals surface area (Å²) in [6.45, 7) is 3.77. The largest absolute Gasteiger partial charge is 0.298 e. The maximum Gasteiger partial charge on any atom is 0.176 e. The molecule has 0 fully saturated rings. The molecule has 3 heteroatoms. The summed E-state index contributed by atoms with van der Waals surface area (Å²) in [6.07, 6.45) is 1.60. The van der Waals surface area contributed by atoms with Crippen LogP contribution in [0.4, 0.5) is 0 Å². The van der Waals surface area contributed by atoms with E-state index in [4.69, 9.17) is 0 Å². The lowest BCUT2D eigenvalue weighted by Gasteiger charge is -2.07. The second-order valence-electron chi connectivity index (χ2n) is 3.37. The topological polar surface area (TPSA) is 34.1 Å². The minimum Gasteiger partial charge on any atom is -0.298 e. The molecule has 15 heavy (non-hydrogen) atoms. The molecule has 0 aromatic heterocycles. The summed E-state index contributed by atoms with van der Waals surface area (Å²) in [5.41, 5.74) is 2.04. The number of benzene rings is 1. The molecule has 1 aromatic carbocycles. The van der Waals surface area contributed by atoms with E-state index in [0.717, 1.165) is 18.3 Å². The number of alkyl halides is 1. The summed E-state index contributed by atoms with van der Waals surface area (Å²) in [4.78, 5) is 22.3. The first-order chi connectivity index (χ1) is 7.10. The summed E-state index contributed by atoms with van der Waals surface area (Å²) < 4.78 is 0. The lowest BCUT2D eigenvalue weighted by molar-refractivity contribution is 0.0989. The quantitative estimate of drug-likeness (QED) is 0.478. The number of hydrogen-bond donors (Lipinski definition) is 0. The molecule has 0 spiro atoms. The van der Waals surface area contributed by atoms with Gasteiger partial charge in [-0.2, -0.15) is 0 Å². The number of halogens is 1. The Morgan fingerprint density at radius 1 is 1.53 bits per heavy atom. The highest BCUT2D eigenvalue weighted by atomic mass is 79.9. The van der Waals surface area contributed by atoms with Crippen molar-refractivity contribution >= 4 is 28.0 Å². The maximum absolute atomic E-state index is 11.7. The lowest BCUT2D eigenvalue weighted by Crippen LogP contribution is -2.12. The Labute approximate surface area is 97.8 Å². The van der Waals surface area contributed by atoms with Crippen LogP contribution < -0.4 is 0 Å². The molecule has 1 rings (SSSR count). The smallest absolute Gasteiger partial charge is 0.176 e. The fraction of sp³-hybridized carbons (Fsp3) is 0.333. The van der Waals surface area contributed by atoms with Crippen LogP contribution in [0.1, 0.15) is 40.1 Å². The van der Waals surface area contributed by atoms with E-state index in [9.17, 15) is 9.59 Å². The Morgan fingerprint density at radius 2 is 2.20 bits per heavy atom. The summed E-state index contributed by atoms with van der Waals surface area (Å²) in [6, 6.07) is 5.38. The molecule has 1 aromatic rings. The molecule has 2 nitrogen and oxygen atoms in total. The molecule has 0 bridgehead atoms. The Hall–Kier alpha value is -0.960. The molecule has 0 aliphatic carbocycles. The van der Waals surface area contributed by atoms with Gasteiger partial charge in [-0.25, -0.2) is 0 Å². The van der Waals surface area contributed by atoms with Crippen LogP contribution in [0.15, 0.2) is 18.2 Å². The highest BCUT2D eigenvalue weighted by Gasteiger charge is 2.15. The first kappa shape index (κ1) is 12.1. The Balaban J connectivity index is 3.19. The van der Waals surface area contributed by atoms with Gasteiger partial charge in [0.05, 0.1) is 4.83 Å². The number of ketones is 1. The van der Waals surface area contributed by atoms with Gasteiger partial charge in [-0.15, -0.1) is 0 Å². The van der Waals surface area contributed by atoms with E-state index in [1.54, 1.807) is 19.1 Å². The van der Waals surface area contributed by atoms with Crippen LogP contribution in [0.3, 0.4) is 0 Å². The molecule has 0 N–H and O–H groups in total. The number of carbonyl (C=O) groups excluding carboxylic acids is 2. The van der Waals surface area contributed by atoms with E-state index in [1.807, 2.05) is 13.0 Å². The van der Waals surface area contributed by atoms with E-state index < -0.39 is 0 Å². The van der Waals surface area contributed by atoms with Crippen LogP contribution in [0.25, 0.3) is 0 Å². The van der Waals surface area contributed by atoms with Gasteiger partial charge in [0.15, 0.2) is 12.1 Å². The Morgan fingerprint density at radius 3 is 2.67 bits per heavy atom. The van der Waals surface area contributed by atoms with Crippen LogP contribution in [0.5, 0.6) is 0 Å². The van der Waals surface area contributed by atoms with Crippen molar-refractivity contribution in [1.82, 2.24) is 0 Å². The van der Waals surface area contributed by atoms with E-state index in [-0.39, 0.29) is 10.6 Å². The fourth-order valence-electron chi connectivity index (χ4n) is 1.37. The van der Waals surface area contributed by atoms with Gasteiger partial charge in [0, 0.05) is 11.1 Å². The number of Topliss-reactive ketones (excluding diaryl/α,β-unsaturated/α-hetero) is 1. The highest BCUT2D eigenvalue weighted by molar-refractivity contribution is 9.10. The van der Waals surface area contributed by atoms with Crippen molar-refractivity contribution in [2.45, 2.75) is 25.1 Å². The molecule has 0 saturated heterocycles. The lowest BCUT2D eigenvalue weighted by atomic mass is 9.99. The zero-order valence-corrected chi connectivity index (χ0v) is 10.4. The molecular weight excluding hydrogens is 256 g/mol. The predicted octanol–water partition coefficient (Wildman–Crippen LogP) is 3.03. The number of hydrogen-bond acceptors (Lipinski definition) is 2. The van der Waals surface area contributed by atoms with Crippen molar-refractivity contribution in [2.24, 2.45) is 0 Å². The SMILES string of the molecule is CCc1ccc(C(=O)C(C)Br)c(C=O)c1. The van der Waals surface area contributed by atoms with Gasteiger partial charge in [-0.3, -0.25) is 9.59 Å². The van der Waals surface area contributed by atoms with Crippen molar-refractivity contribution < 1.29 is 9.59 Å². The zero-order chi connectivity index (χ0) is 11.4. The van der Waals surface area contributed by atoms with Gasteiger partial charge in [0.1, 0.15) is 0 Å². The number of aldehydes is 1. The zero-order valence-electron chi connectivity index (χ0n) is 8.79. The second-order valence-corrected chi connectivity index (χ2v) is 4.75. The average Bonchev–Trinajstić information content (AvgIpc) is 2.27. The number of carbonyl (C=O) groups is 2. The summed E-state index contributed by atoms with van der Waals surface area (Å²) in [7, 11) is 0. The molecule has 1 atom stereocenters. The van der Waals surface area contributed by atoms with Crippen molar-refractivity contribution in [2.75, 3.05) is 0 Å². The molecule has 0 aliphatic rings. The summed E-state index contributed by atoms with van der Waals surface area (Å²) >= 11 is 3.21. The highest BCUT2D eigenvalue weighted by Crippen LogP contribution is 2.15. The second kappa shape index (κ2) is 5.21. The molecule has 0 amide bonds. The van der Waals surface area contributed by atoms with E-state index in [0.29, 0.717) is 11.1 Å². The predicted molar refractivity (Wildman–Crippen MR) is 63.9 cm³/mol. The Kier molecular flexibility index (Phi) is 4.21. The molecule has 1 unspecified atom stereocenters. The fourth-order valence-corrected chi connectivity index (χ4v) is 1.61. The summed E-state index contributed by atoms with van der Waals surface area (Å²) in [5, 5.41) is 0. The van der Waals surface area contributed by atoms with Crippen molar-refractivity contribution in [3.63, 3.8) is 0 Å². The first-order valence-electron chi connectivity index (χ1n) is 4.86. The van der Waals surface area contributed by atoms with Crippen LogP contribution in [0, 0.1) is 0 Å². The molecule has 80 valence electrons.